The molecule has 0 radical (unpaired) electrons. The number of rotatable bonds is 11. The Bertz CT molecular complexity index is 1600. The molecule has 2 amide bonds. The Kier molecular flexibility index (Phi) is 12.1. The minimum atomic E-state index is -2.82. The van der Waals surface area contributed by atoms with Crippen LogP contribution in [-0.4, -0.2) is 99.9 Å². The second-order valence-corrected chi connectivity index (χ2v) is 24.1. The summed E-state index contributed by atoms with van der Waals surface area (Å²) in [4.78, 5) is 41.5. The van der Waals surface area contributed by atoms with Crippen molar-refractivity contribution in [2.24, 2.45) is 0 Å². The van der Waals surface area contributed by atoms with Gasteiger partial charge in [0.25, 0.3) is 6.43 Å². The highest BCUT2D eigenvalue weighted by Crippen LogP contribution is 2.49. The lowest BCUT2D eigenvalue weighted by molar-refractivity contribution is -0.124. The quantitative estimate of drug-likeness (QED) is 0.221. The Morgan fingerprint density at radius 2 is 1.78 bits per heavy atom. The van der Waals surface area contributed by atoms with Gasteiger partial charge in [0, 0.05) is 25.2 Å². The number of carbonyl (C=O) groups is 2. The summed E-state index contributed by atoms with van der Waals surface area (Å²) in [5.74, 6) is 1.07. The maximum atomic E-state index is 14.2. The number of alkyl carbamates (subject to hydrolysis) is 1. The Hall–Kier alpha value is -2.99. The van der Waals surface area contributed by atoms with Crippen molar-refractivity contribution in [3.8, 4) is 11.7 Å². The van der Waals surface area contributed by atoms with Crippen LogP contribution < -0.4 is 20.3 Å². The average molecular weight is 818 g/mol. The van der Waals surface area contributed by atoms with Crippen molar-refractivity contribution in [2.45, 2.75) is 83.1 Å². The smallest absolute Gasteiger partial charge is 0.408 e. The summed E-state index contributed by atoms with van der Waals surface area (Å²) < 4.78 is 47.2. The van der Waals surface area contributed by atoms with Gasteiger partial charge in [-0.25, -0.2) is 18.6 Å². The number of carbonyl (C=O) groups excluding carboxylic acids is 2. The minimum Gasteiger partial charge on any atom is -0.474 e. The van der Waals surface area contributed by atoms with Crippen LogP contribution in [0, 0.1) is 0 Å². The van der Waals surface area contributed by atoms with E-state index in [0.29, 0.717) is 75.4 Å². The highest BCUT2D eigenvalue weighted by Gasteiger charge is 2.30. The third kappa shape index (κ3) is 10.5. The predicted octanol–water partition coefficient (Wildman–Crippen LogP) is 6.09. The number of aromatic nitrogens is 4. The summed E-state index contributed by atoms with van der Waals surface area (Å²) in [5.41, 5.74) is 0.270. The van der Waals surface area contributed by atoms with E-state index in [0.717, 1.165) is 5.75 Å². The van der Waals surface area contributed by atoms with Crippen molar-refractivity contribution in [3.05, 3.63) is 36.2 Å². The molecule has 1 aliphatic carbocycles. The number of imidazole rings is 1. The molecule has 2 fully saturated rings. The van der Waals surface area contributed by atoms with Gasteiger partial charge in [0.1, 0.15) is 23.6 Å². The molecule has 49 heavy (non-hydrogen) atoms. The van der Waals surface area contributed by atoms with Crippen LogP contribution in [0.1, 0.15) is 65.1 Å². The van der Waals surface area contributed by atoms with Gasteiger partial charge in [0.2, 0.25) is 17.7 Å². The number of benzene rings is 1. The van der Waals surface area contributed by atoms with Crippen molar-refractivity contribution in [3.63, 3.8) is 0 Å². The minimum absolute atomic E-state index is 0.0916. The summed E-state index contributed by atoms with van der Waals surface area (Å²) in [7, 11) is -0.920. The van der Waals surface area contributed by atoms with E-state index in [1.54, 1.807) is 51.1 Å². The first-order valence-electron chi connectivity index (χ1n) is 16.5. The Morgan fingerprint density at radius 1 is 1.08 bits per heavy atom. The van der Waals surface area contributed by atoms with Gasteiger partial charge in [0.05, 0.1) is 24.2 Å². The summed E-state index contributed by atoms with van der Waals surface area (Å²) in [6, 6.07) is 7.74. The number of halogens is 3. The number of ether oxygens (including phenoxy) is 3. The molecule has 12 nitrogen and oxygen atoms in total. The lowest BCUT2D eigenvalue weighted by Gasteiger charge is -2.32. The number of alkyl halides is 2. The van der Waals surface area contributed by atoms with Crippen molar-refractivity contribution in [1.29, 1.82) is 0 Å². The Morgan fingerprint density at radius 3 is 2.43 bits per heavy atom. The first-order valence-corrected chi connectivity index (χ1v) is 21.7. The lowest BCUT2D eigenvalue weighted by Crippen LogP contribution is -2.51. The van der Waals surface area contributed by atoms with Gasteiger partial charge >= 0.3 is 6.09 Å². The monoisotopic (exact) mass is 817 g/mol. The second-order valence-electron chi connectivity index (χ2n) is 13.8. The van der Waals surface area contributed by atoms with E-state index in [1.807, 2.05) is 4.90 Å². The summed E-state index contributed by atoms with van der Waals surface area (Å²) in [6.07, 6.45) is 3.80. The molecule has 0 bridgehead atoms. The number of para-hydroxylation sites is 2. The van der Waals surface area contributed by atoms with Gasteiger partial charge in [-0.3, -0.25) is 9.36 Å². The predicted molar refractivity (Wildman–Crippen MR) is 196 cm³/mol. The molecule has 3 heterocycles. The zero-order valence-corrected chi connectivity index (χ0v) is 31.6. The molecule has 3 aromatic rings. The van der Waals surface area contributed by atoms with E-state index < -0.39 is 37.2 Å². The lowest BCUT2D eigenvalue weighted by atomic mass is 9.92. The number of nitrogens with one attached hydrogen (secondary N) is 2. The molecule has 1 aliphatic heterocycles. The number of morpholine rings is 1. The largest absolute Gasteiger partial charge is 0.474 e. The molecule has 5 rings (SSSR count). The maximum Gasteiger partial charge on any atom is 0.408 e. The van der Waals surface area contributed by atoms with Crippen LogP contribution >= 0.6 is 28.4 Å². The third-order valence-electron chi connectivity index (χ3n) is 8.19. The fourth-order valence-electron chi connectivity index (χ4n) is 5.83. The fraction of sp³-hybridized carbons (Fsp3) is 0.606. The zero-order valence-electron chi connectivity index (χ0n) is 28.6. The molecule has 2 aliphatic rings. The van der Waals surface area contributed by atoms with Crippen LogP contribution in [0.15, 0.2) is 30.3 Å². The van der Waals surface area contributed by atoms with Gasteiger partial charge in [-0.1, -0.05) is 12.1 Å². The number of nitrogens with zero attached hydrogens (tertiary/aromatic N) is 5. The molecule has 2 N–H and O–H groups in total. The molecule has 0 spiro atoms. The molecule has 1 saturated carbocycles. The summed E-state index contributed by atoms with van der Waals surface area (Å²) >= 11 is 2.42. The standard InChI is InChI=1S/C33H46F2IN7O5S/c1-33(2,3)48-32(45)39-24(14-19-49(4,5)36)30(44)37-21-10-12-22(13-11-21)47-27-20-26(40-31(41-27)42-15-17-46-18-16-42)43-25-9-7-6-8-23(25)38-29(43)28(34)35/h6-9,20-22,24,28H,10-19H2,1-5H3,(H,37,44)(H,39,45)/t21?,22?,24-/m0/s1. The highest BCUT2D eigenvalue weighted by molar-refractivity contribution is 14.2. The third-order valence-corrected chi connectivity index (χ3v) is 10.7. The number of amides is 2. The van der Waals surface area contributed by atoms with Crippen molar-refractivity contribution >= 4 is 57.4 Å². The number of anilines is 1. The summed E-state index contributed by atoms with van der Waals surface area (Å²) in [6.45, 7) is 7.47. The van der Waals surface area contributed by atoms with Gasteiger partial charge in [-0.05, 0) is 104 Å². The first-order chi connectivity index (χ1) is 23.1. The highest BCUT2D eigenvalue weighted by atomic mass is 127. The maximum absolute atomic E-state index is 14.2. The van der Waals surface area contributed by atoms with Crippen LogP contribution in [0.3, 0.4) is 0 Å². The van der Waals surface area contributed by atoms with Crippen molar-refractivity contribution in [1.82, 2.24) is 30.2 Å². The number of fused-ring (bicyclic) bond motifs is 1. The normalized spacial score (nSPS) is 19.8. The van der Waals surface area contributed by atoms with E-state index in [-0.39, 0.29) is 29.8 Å². The van der Waals surface area contributed by atoms with Gasteiger partial charge in [-0.2, -0.15) is 17.2 Å². The molecule has 1 aromatic carbocycles. The van der Waals surface area contributed by atoms with Crippen LogP contribution in [0.2, 0.25) is 0 Å². The van der Waals surface area contributed by atoms with Gasteiger partial charge in [0.15, 0.2) is 5.82 Å². The van der Waals surface area contributed by atoms with Crippen molar-refractivity contribution < 1.29 is 32.6 Å². The van der Waals surface area contributed by atoms with Gasteiger partial charge in [-0.15, -0.1) is 0 Å². The molecule has 270 valence electrons. The van der Waals surface area contributed by atoms with E-state index >= 15 is 0 Å². The molecule has 0 unspecified atom stereocenters. The molecule has 1 saturated heterocycles. The van der Waals surface area contributed by atoms with Crippen molar-refractivity contribution in [2.75, 3.05) is 49.5 Å². The van der Waals surface area contributed by atoms with Crippen LogP contribution in [-0.2, 0) is 14.3 Å². The number of hydrogen-bond acceptors (Lipinski definition) is 9. The van der Waals surface area contributed by atoms with E-state index in [2.05, 4.69) is 49.3 Å². The fourth-order valence-corrected chi connectivity index (χ4v) is 7.39. The van der Waals surface area contributed by atoms with E-state index in [9.17, 15) is 18.4 Å². The second kappa shape index (κ2) is 15.9. The van der Waals surface area contributed by atoms with Crippen LogP contribution in [0.25, 0.3) is 16.9 Å². The molecular weight excluding hydrogens is 771 g/mol. The zero-order chi connectivity index (χ0) is 35.3. The van der Waals surface area contributed by atoms with E-state index in [1.165, 1.54) is 4.57 Å². The van der Waals surface area contributed by atoms with E-state index in [4.69, 9.17) is 24.2 Å². The molecule has 1 atom stereocenters. The number of hydrogen-bond donors (Lipinski definition) is 2. The SMILES string of the molecule is CC(C)(C)OC(=O)N[C@@H](CCS(C)(C)I)C(=O)NC1CCC(Oc2cc(-n3c(C(F)F)nc4ccccc43)nc(N3CCOCC3)n2)CC1. The van der Waals surface area contributed by atoms with Gasteiger partial charge < -0.3 is 29.7 Å². The van der Waals surface area contributed by atoms with Crippen LogP contribution in [0.5, 0.6) is 5.88 Å². The Balaban J connectivity index is 1.29. The summed E-state index contributed by atoms with van der Waals surface area (Å²) in [5, 5.41) is 5.92. The molecule has 2 aromatic heterocycles. The average Bonchev–Trinajstić information content (AvgIpc) is 3.43. The molecule has 16 heteroatoms. The van der Waals surface area contributed by atoms with Crippen LogP contribution in [0.4, 0.5) is 19.5 Å². The molecular formula is C33H46F2IN7O5S. The Labute approximate surface area is 299 Å². The topological polar surface area (TPSA) is 133 Å². The first kappa shape index (κ1) is 37.3.